The summed E-state index contributed by atoms with van der Waals surface area (Å²) < 4.78 is 10.9. The molecule has 5 nitrogen and oxygen atoms in total. The van der Waals surface area contributed by atoms with E-state index in [-0.39, 0.29) is 30.9 Å². The zero-order valence-electron chi connectivity index (χ0n) is 12.9. The van der Waals surface area contributed by atoms with Gasteiger partial charge in [0.05, 0.1) is 32.8 Å². The van der Waals surface area contributed by atoms with E-state index in [1.807, 2.05) is 18.2 Å². The van der Waals surface area contributed by atoms with Gasteiger partial charge in [-0.2, -0.15) is 5.26 Å². The van der Waals surface area contributed by atoms with Crippen molar-refractivity contribution < 1.29 is 9.47 Å². The first kappa shape index (κ1) is 20.8. The number of hydrogen-bond acceptors (Lipinski definition) is 5. The summed E-state index contributed by atoms with van der Waals surface area (Å²) in [5.41, 5.74) is 1.02. The number of para-hydroxylation sites is 1. The van der Waals surface area contributed by atoms with Crippen LogP contribution < -0.4 is 14.8 Å². The molecule has 1 aromatic rings. The zero-order valence-corrected chi connectivity index (χ0v) is 14.5. The number of halogens is 2. The summed E-state index contributed by atoms with van der Waals surface area (Å²) in [5, 5.41) is 12.5. The predicted molar refractivity (Wildman–Crippen MR) is 91.5 cm³/mol. The van der Waals surface area contributed by atoms with Gasteiger partial charge in [-0.15, -0.1) is 24.8 Å². The molecule has 22 heavy (non-hydrogen) atoms. The van der Waals surface area contributed by atoms with Crippen molar-refractivity contribution in [3.05, 3.63) is 23.8 Å². The summed E-state index contributed by atoms with van der Waals surface area (Å²) in [6.07, 6.45) is 0.448. The second-order valence-corrected chi connectivity index (χ2v) is 4.75. The van der Waals surface area contributed by atoms with Crippen molar-refractivity contribution in [1.82, 2.24) is 10.2 Å². The molecule has 0 radical (unpaired) electrons. The van der Waals surface area contributed by atoms with Crippen molar-refractivity contribution in [2.45, 2.75) is 12.5 Å². The Morgan fingerprint density at radius 2 is 1.91 bits per heavy atom. The minimum Gasteiger partial charge on any atom is -0.493 e. The first-order chi connectivity index (χ1) is 9.81. The molecule has 0 saturated carbocycles. The lowest BCUT2D eigenvalue weighted by molar-refractivity contribution is 0.172. The number of benzene rings is 1. The summed E-state index contributed by atoms with van der Waals surface area (Å²) in [4.78, 5) is 2.33. The maximum atomic E-state index is 9.15. The van der Waals surface area contributed by atoms with Gasteiger partial charge in [0, 0.05) is 31.7 Å². The van der Waals surface area contributed by atoms with Crippen LogP contribution in [0.25, 0.3) is 0 Å². The predicted octanol–water partition coefficient (Wildman–Crippen LogP) is 2.41. The van der Waals surface area contributed by atoms with E-state index in [1.54, 1.807) is 14.2 Å². The van der Waals surface area contributed by atoms with Crippen molar-refractivity contribution in [2.75, 3.05) is 40.4 Å². The molecule has 1 fully saturated rings. The Bertz CT molecular complexity index is 488. The van der Waals surface area contributed by atoms with Crippen LogP contribution in [0.1, 0.15) is 18.0 Å². The molecular weight excluding hydrogens is 325 g/mol. The highest BCUT2D eigenvalue weighted by Crippen LogP contribution is 2.38. The molecule has 0 bridgehead atoms. The lowest BCUT2D eigenvalue weighted by Gasteiger charge is -2.34. The quantitative estimate of drug-likeness (QED) is 0.886. The molecule has 1 atom stereocenters. The van der Waals surface area contributed by atoms with E-state index < -0.39 is 0 Å². The summed E-state index contributed by atoms with van der Waals surface area (Å²) in [5.74, 6) is 1.44. The fraction of sp³-hybridized carbons (Fsp3) is 0.533. The van der Waals surface area contributed by atoms with Gasteiger partial charge in [0.1, 0.15) is 0 Å². The van der Waals surface area contributed by atoms with Gasteiger partial charge >= 0.3 is 0 Å². The van der Waals surface area contributed by atoms with Gasteiger partial charge in [-0.05, 0) is 6.07 Å². The maximum Gasteiger partial charge on any atom is 0.165 e. The van der Waals surface area contributed by atoms with Crippen molar-refractivity contribution in [1.29, 1.82) is 5.26 Å². The first-order valence-electron chi connectivity index (χ1n) is 6.84. The number of rotatable bonds is 5. The molecular formula is C15H23Cl2N3O2. The van der Waals surface area contributed by atoms with Crippen LogP contribution in [0.15, 0.2) is 18.2 Å². The van der Waals surface area contributed by atoms with E-state index in [2.05, 4.69) is 16.3 Å². The number of methoxy groups -OCH3 is 2. The Labute approximate surface area is 144 Å². The summed E-state index contributed by atoms with van der Waals surface area (Å²) in [6, 6.07) is 8.19. The summed E-state index contributed by atoms with van der Waals surface area (Å²) in [6.45, 7) is 3.78. The van der Waals surface area contributed by atoms with Crippen LogP contribution in [0.2, 0.25) is 0 Å². The van der Waals surface area contributed by atoms with Crippen molar-refractivity contribution in [3.63, 3.8) is 0 Å². The minimum atomic E-state index is 0. The first-order valence-corrected chi connectivity index (χ1v) is 6.84. The van der Waals surface area contributed by atoms with Crippen LogP contribution in [0.3, 0.4) is 0 Å². The second kappa shape index (κ2) is 10.5. The largest absolute Gasteiger partial charge is 0.493 e. The van der Waals surface area contributed by atoms with E-state index >= 15 is 0 Å². The van der Waals surface area contributed by atoms with Crippen LogP contribution >= 0.6 is 24.8 Å². The van der Waals surface area contributed by atoms with Gasteiger partial charge in [-0.1, -0.05) is 12.1 Å². The fourth-order valence-electron chi connectivity index (χ4n) is 2.69. The van der Waals surface area contributed by atoms with Gasteiger partial charge in [-0.3, -0.25) is 4.90 Å². The third-order valence-corrected chi connectivity index (χ3v) is 3.67. The number of nitrogens with one attached hydrogen (secondary N) is 1. The molecule has 0 aromatic heterocycles. The molecule has 1 heterocycles. The maximum absolute atomic E-state index is 9.15. The molecule has 1 aliphatic rings. The lowest BCUT2D eigenvalue weighted by atomic mass is 10.00. The van der Waals surface area contributed by atoms with E-state index in [9.17, 15) is 0 Å². The van der Waals surface area contributed by atoms with Gasteiger partial charge in [-0.25, -0.2) is 0 Å². The van der Waals surface area contributed by atoms with Gasteiger partial charge in [0.25, 0.3) is 0 Å². The van der Waals surface area contributed by atoms with E-state index in [1.165, 1.54) is 0 Å². The highest BCUT2D eigenvalue weighted by Gasteiger charge is 2.26. The average molecular weight is 348 g/mol. The zero-order chi connectivity index (χ0) is 14.4. The van der Waals surface area contributed by atoms with Crippen LogP contribution in [-0.2, 0) is 0 Å². The normalized spacial score (nSPS) is 15.7. The fourth-order valence-corrected chi connectivity index (χ4v) is 2.69. The topological polar surface area (TPSA) is 57.5 Å². The molecule has 1 aromatic carbocycles. The van der Waals surface area contributed by atoms with Crippen LogP contribution in [0, 0.1) is 11.3 Å². The molecule has 1 saturated heterocycles. The van der Waals surface area contributed by atoms with E-state index in [0.717, 1.165) is 37.5 Å². The molecule has 1 aliphatic heterocycles. The van der Waals surface area contributed by atoms with Crippen LogP contribution in [0.4, 0.5) is 0 Å². The van der Waals surface area contributed by atoms with Gasteiger partial charge in [0.2, 0.25) is 0 Å². The summed E-state index contributed by atoms with van der Waals surface area (Å²) in [7, 11) is 3.27. The smallest absolute Gasteiger partial charge is 0.165 e. The monoisotopic (exact) mass is 347 g/mol. The average Bonchev–Trinajstić information content (AvgIpc) is 2.52. The summed E-state index contributed by atoms with van der Waals surface area (Å²) >= 11 is 0. The SMILES string of the molecule is COc1cccc([C@@H](CC#N)N2CCNCC2)c1OC.Cl.Cl. The highest BCUT2D eigenvalue weighted by molar-refractivity contribution is 5.85. The number of piperazine rings is 1. The standard InChI is InChI=1S/C15H21N3O2.2ClH/c1-19-14-5-3-4-12(15(14)20-2)13(6-7-16)18-10-8-17-9-11-18;;/h3-5,13,17H,6,8-11H2,1-2H3;2*1H/t13-;;/m1../s1. The Morgan fingerprint density at radius 3 is 2.45 bits per heavy atom. The number of ether oxygens (including phenoxy) is 2. The Kier molecular flexibility index (Phi) is 9.95. The van der Waals surface area contributed by atoms with E-state index in [4.69, 9.17) is 14.7 Å². The third kappa shape index (κ3) is 4.65. The number of hydrogen-bond donors (Lipinski definition) is 1. The van der Waals surface area contributed by atoms with Crippen LogP contribution in [-0.4, -0.2) is 45.3 Å². The van der Waals surface area contributed by atoms with Crippen molar-refractivity contribution in [2.24, 2.45) is 0 Å². The number of nitriles is 1. The Hall–Kier alpha value is -1.19. The van der Waals surface area contributed by atoms with Crippen LogP contribution in [0.5, 0.6) is 11.5 Å². The molecule has 7 heteroatoms. The molecule has 0 spiro atoms. The molecule has 0 aliphatic carbocycles. The number of nitrogens with zero attached hydrogens (tertiary/aromatic N) is 2. The second-order valence-electron chi connectivity index (χ2n) is 4.75. The van der Waals surface area contributed by atoms with Crippen molar-refractivity contribution >= 4 is 24.8 Å². The Morgan fingerprint density at radius 1 is 1.23 bits per heavy atom. The Balaban J connectivity index is 0.00000220. The minimum absolute atomic E-state index is 0. The highest BCUT2D eigenvalue weighted by atomic mass is 35.5. The van der Waals surface area contributed by atoms with Gasteiger partial charge in [0.15, 0.2) is 11.5 Å². The van der Waals surface area contributed by atoms with Crippen molar-refractivity contribution in [3.8, 4) is 17.6 Å². The molecule has 124 valence electrons. The lowest BCUT2D eigenvalue weighted by Crippen LogP contribution is -2.45. The molecule has 0 unspecified atom stereocenters. The molecule has 2 rings (SSSR count). The molecule has 0 amide bonds. The third-order valence-electron chi connectivity index (χ3n) is 3.67. The van der Waals surface area contributed by atoms with Gasteiger partial charge < -0.3 is 14.8 Å². The molecule has 1 N–H and O–H groups in total. The van der Waals surface area contributed by atoms with E-state index in [0.29, 0.717) is 12.2 Å².